The molecule has 100 valence electrons. The standard InChI is InChI=1S/C17H21NO/c1-4-16(18-2)14-9-7-8-13(12-14)15-10-5-6-11-17(15)19-3/h5-12,16,18H,4H2,1-3H3. The maximum absolute atomic E-state index is 5.44. The second-order valence-corrected chi connectivity index (χ2v) is 4.58. The van der Waals surface area contributed by atoms with E-state index in [0.717, 1.165) is 17.7 Å². The van der Waals surface area contributed by atoms with E-state index < -0.39 is 0 Å². The highest BCUT2D eigenvalue weighted by Crippen LogP contribution is 2.31. The normalized spacial score (nSPS) is 12.2. The molecule has 0 saturated heterocycles. The number of rotatable bonds is 5. The number of nitrogens with one attached hydrogen (secondary N) is 1. The van der Waals surface area contributed by atoms with Crippen molar-refractivity contribution in [2.75, 3.05) is 14.2 Å². The molecular formula is C17H21NO. The molecule has 2 aromatic carbocycles. The summed E-state index contributed by atoms with van der Waals surface area (Å²) in [5, 5.41) is 3.34. The molecule has 0 amide bonds. The lowest BCUT2D eigenvalue weighted by molar-refractivity contribution is 0.416. The highest BCUT2D eigenvalue weighted by molar-refractivity contribution is 5.71. The van der Waals surface area contributed by atoms with Crippen molar-refractivity contribution in [3.05, 3.63) is 54.1 Å². The minimum atomic E-state index is 0.398. The van der Waals surface area contributed by atoms with Crippen molar-refractivity contribution in [3.63, 3.8) is 0 Å². The number of ether oxygens (including phenoxy) is 1. The molecule has 0 heterocycles. The van der Waals surface area contributed by atoms with Crippen LogP contribution in [-0.2, 0) is 0 Å². The minimum Gasteiger partial charge on any atom is -0.496 e. The van der Waals surface area contributed by atoms with Crippen LogP contribution in [-0.4, -0.2) is 14.2 Å². The number of benzene rings is 2. The van der Waals surface area contributed by atoms with Crippen LogP contribution < -0.4 is 10.1 Å². The topological polar surface area (TPSA) is 21.3 Å². The van der Waals surface area contributed by atoms with Gasteiger partial charge >= 0.3 is 0 Å². The summed E-state index contributed by atoms with van der Waals surface area (Å²) < 4.78 is 5.44. The summed E-state index contributed by atoms with van der Waals surface area (Å²) in [5.41, 5.74) is 3.65. The summed E-state index contributed by atoms with van der Waals surface area (Å²) in [6, 6.07) is 17.2. The van der Waals surface area contributed by atoms with Crippen LogP contribution in [0, 0.1) is 0 Å². The van der Waals surface area contributed by atoms with E-state index in [1.807, 2.05) is 25.2 Å². The van der Waals surface area contributed by atoms with Crippen molar-refractivity contribution in [3.8, 4) is 16.9 Å². The van der Waals surface area contributed by atoms with Crippen LogP contribution in [0.15, 0.2) is 48.5 Å². The van der Waals surface area contributed by atoms with E-state index in [-0.39, 0.29) is 0 Å². The van der Waals surface area contributed by atoms with Crippen LogP contribution in [0.4, 0.5) is 0 Å². The fourth-order valence-corrected chi connectivity index (χ4v) is 2.41. The van der Waals surface area contributed by atoms with Gasteiger partial charge in [0, 0.05) is 11.6 Å². The van der Waals surface area contributed by atoms with Gasteiger partial charge in [0.05, 0.1) is 7.11 Å². The summed E-state index contributed by atoms with van der Waals surface area (Å²) in [4.78, 5) is 0. The Bertz CT molecular complexity index is 532. The Morgan fingerprint density at radius 3 is 2.58 bits per heavy atom. The molecule has 2 aromatic rings. The quantitative estimate of drug-likeness (QED) is 0.871. The van der Waals surface area contributed by atoms with Crippen LogP contribution >= 0.6 is 0 Å². The van der Waals surface area contributed by atoms with E-state index in [9.17, 15) is 0 Å². The summed E-state index contributed by atoms with van der Waals surface area (Å²) in [6.07, 6.45) is 1.08. The maximum atomic E-state index is 5.44. The van der Waals surface area contributed by atoms with E-state index in [1.165, 1.54) is 11.1 Å². The molecule has 0 radical (unpaired) electrons. The second-order valence-electron chi connectivity index (χ2n) is 4.58. The third-order valence-corrected chi connectivity index (χ3v) is 3.46. The molecule has 0 fully saturated rings. The minimum absolute atomic E-state index is 0.398. The van der Waals surface area contributed by atoms with Gasteiger partial charge < -0.3 is 10.1 Å². The van der Waals surface area contributed by atoms with Crippen molar-refractivity contribution in [2.24, 2.45) is 0 Å². The summed E-state index contributed by atoms with van der Waals surface area (Å²) in [7, 11) is 3.72. The zero-order valence-electron chi connectivity index (χ0n) is 11.8. The molecule has 1 unspecified atom stereocenters. The Hall–Kier alpha value is -1.80. The average molecular weight is 255 g/mol. The highest BCUT2D eigenvalue weighted by Gasteiger charge is 2.09. The molecule has 1 atom stereocenters. The van der Waals surface area contributed by atoms with Gasteiger partial charge in [-0.1, -0.05) is 43.3 Å². The highest BCUT2D eigenvalue weighted by atomic mass is 16.5. The van der Waals surface area contributed by atoms with Crippen molar-refractivity contribution >= 4 is 0 Å². The maximum Gasteiger partial charge on any atom is 0.126 e. The lowest BCUT2D eigenvalue weighted by Gasteiger charge is -2.16. The molecule has 0 aliphatic carbocycles. The van der Waals surface area contributed by atoms with Gasteiger partial charge in [-0.15, -0.1) is 0 Å². The predicted molar refractivity (Wildman–Crippen MR) is 80.5 cm³/mol. The van der Waals surface area contributed by atoms with Crippen LogP contribution in [0.5, 0.6) is 5.75 Å². The molecular weight excluding hydrogens is 234 g/mol. The Kier molecular flexibility index (Phi) is 4.58. The van der Waals surface area contributed by atoms with Gasteiger partial charge in [0.15, 0.2) is 0 Å². The summed E-state index contributed by atoms with van der Waals surface area (Å²) in [5.74, 6) is 0.914. The lowest BCUT2D eigenvalue weighted by atomic mass is 9.98. The third-order valence-electron chi connectivity index (χ3n) is 3.46. The zero-order valence-corrected chi connectivity index (χ0v) is 11.8. The first-order valence-electron chi connectivity index (χ1n) is 6.70. The largest absolute Gasteiger partial charge is 0.496 e. The van der Waals surface area contributed by atoms with Crippen molar-refractivity contribution in [1.82, 2.24) is 5.32 Å². The first-order chi connectivity index (χ1) is 9.30. The van der Waals surface area contributed by atoms with Crippen LogP contribution in [0.3, 0.4) is 0 Å². The van der Waals surface area contributed by atoms with Crippen molar-refractivity contribution < 1.29 is 4.74 Å². The number of methoxy groups -OCH3 is 1. The van der Waals surface area contributed by atoms with Gasteiger partial charge in [-0.3, -0.25) is 0 Å². The van der Waals surface area contributed by atoms with Gasteiger partial charge in [0.25, 0.3) is 0 Å². The van der Waals surface area contributed by atoms with Gasteiger partial charge in [0.1, 0.15) is 5.75 Å². The van der Waals surface area contributed by atoms with E-state index in [0.29, 0.717) is 6.04 Å². The van der Waals surface area contributed by atoms with Crippen LogP contribution in [0.1, 0.15) is 24.9 Å². The first-order valence-corrected chi connectivity index (χ1v) is 6.70. The monoisotopic (exact) mass is 255 g/mol. The number of para-hydroxylation sites is 1. The predicted octanol–water partition coefficient (Wildman–Crippen LogP) is 4.03. The van der Waals surface area contributed by atoms with E-state index in [4.69, 9.17) is 4.74 Å². The Morgan fingerprint density at radius 2 is 1.89 bits per heavy atom. The van der Waals surface area contributed by atoms with Gasteiger partial charge in [-0.05, 0) is 36.7 Å². The van der Waals surface area contributed by atoms with Gasteiger partial charge in [-0.25, -0.2) is 0 Å². The molecule has 19 heavy (non-hydrogen) atoms. The smallest absolute Gasteiger partial charge is 0.126 e. The fraction of sp³-hybridized carbons (Fsp3) is 0.294. The molecule has 2 nitrogen and oxygen atoms in total. The molecule has 0 aliphatic heterocycles. The first kappa shape index (κ1) is 13.6. The van der Waals surface area contributed by atoms with Gasteiger partial charge in [0.2, 0.25) is 0 Å². The molecule has 2 heteroatoms. The van der Waals surface area contributed by atoms with Crippen LogP contribution in [0.25, 0.3) is 11.1 Å². The second kappa shape index (κ2) is 6.39. The lowest BCUT2D eigenvalue weighted by Crippen LogP contribution is -2.15. The SMILES string of the molecule is CCC(NC)c1cccc(-c2ccccc2OC)c1. The zero-order chi connectivity index (χ0) is 13.7. The molecule has 0 aromatic heterocycles. The van der Waals surface area contributed by atoms with Gasteiger partial charge in [-0.2, -0.15) is 0 Å². The Balaban J connectivity index is 2.43. The number of hydrogen-bond donors (Lipinski definition) is 1. The average Bonchev–Trinajstić information content (AvgIpc) is 2.49. The van der Waals surface area contributed by atoms with E-state index >= 15 is 0 Å². The molecule has 1 N–H and O–H groups in total. The molecule has 0 bridgehead atoms. The summed E-state index contributed by atoms with van der Waals surface area (Å²) >= 11 is 0. The third kappa shape index (κ3) is 2.96. The Morgan fingerprint density at radius 1 is 1.11 bits per heavy atom. The number of hydrogen-bond acceptors (Lipinski definition) is 2. The van der Waals surface area contributed by atoms with E-state index in [2.05, 4.69) is 42.6 Å². The van der Waals surface area contributed by atoms with Crippen LogP contribution in [0.2, 0.25) is 0 Å². The molecule has 0 saturated carbocycles. The van der Waals surface area contributed by atoms with Crippen molar-refractivity contribution in [2.45, 2.75) is 19.4 Å². The van der Waals surface area contributed by atoms with Crippen molar-refractivity contribution in [1.29, 1.82) is 0 Å². The molecule has 0 spiro atoms. The molecule has 2 rings (SSSR count). The summed E-state index contributed by atoms with van der Waals surface area (Å²) in [6.45, 7) is 2.19. The van der Waals surface area contributed by atoms with E-state index in [1.54, 1.807) is 7.11 Å². The Labute approximate surface area is 115 Å². The molecule has 0 aliphatic rings. The fourth-order valence-electron chi connectivity index (χ4n) is 2.41.